The second-order valence-electron chi connectivity index (χ2n) is 9.35. The average molecular weight is 471 g/mol. The van der Waals surface area contributed by atoms with Crippen LogP contribution in [0, 0.1) is 5.92 Å². The van der Waals surface area contributed by atoms with Crippen molar-refractivity contribution in [2.45, 2.75) is 58.8 Å². The molecular weight excluding hydrogens is 436 g/mol. The highest BCUT2D eigenvalue weighted by atomic mass is 16.6. The fraction of sp³-hybridized carbons (Fsp3) is 0.423. The average Bonchev–Trinajstić information content (AvgIpc) is 2.76. The molecule has 0 spiro atoms. The highest BCUT2D eigenvalue weighted by molar-refractivity contribution is 5.86. The zero-order chi connectivity index (χ0) is 25.3. The van der Waals surface area contributed by atoms with Gasteiger partial charge in [0.2, 0.25) is 5.91 Å². The lowest BCUT2D eigenvalue weighted by atomic mass is 9.98. The minimum absolute atomic E-state index is 0.127. The van der Waals surface area contributed by atoms with E-state index in [2.05, 4.69) is 10.6 Å². The van der Waals surface area contributed by atoms with Gasteiger partial charge in [-0.1, -0.05) is 56.3 Å². The molecule has 184 valence electrons. The predicted molar refractivity (Wildman–Crippen MR) is 129 cm³/mol. The Labute approximate surface area is 200 Å². The summed E-state index contributed by atoms with van der Waals surface area (Å²) in [6, 6.07) is 15.6. The standard InChI is InChI=1S/C26H34N2O6/c1-17(2)22(28-25(32)34-26(3,4)5)23(29)27-15-21(24(30)31)19-11-13-20(14-12-19)33-16-18-9-7-6-8-10-18/h6-14,17,21-22H,15-16H2,1-5H3,(H,27,29)(H,28,32)(H,30,31). The molecule has 2 amide bonds. The number of hydrogen-bond acceptors (Lipinski definition) is 5. The van der Waals surface area contributed by atoms with Crippen LogP contribution >= 0.6 is 0 Å². The van der Waals surface area contributed by atoms with Gasteiger partial charge >= 0.3 is 12.1 Å². The summed E-state index contributed by atoms with van der Waals surface area (Å²) in [5.74, 6) is -2.12. The van der Waals surface area contributed by atoms with E-state index in [1.54, 1.807) is 58.9 Å². The number of benzene rings is 2. The third-order valence-electron chi connectivity index (χ3n) is 4.93. The van der Waals surface area contributed by atoms with Crippen LogP contribution < -0.4 is 15.4 Å². The molecule has 2 rings (SSSR count). The fourth-order valence-electron chi connectivity index (χ4n) is 3.17. The zero-order valence-electron chi connectivity index (χ0n) is 20.3. The first-order valence-corrected chi connectivity index (χ1v) is 11.2. The highest BCUT2D eigenvalue weighted by Gasteiger charge is 2.28. The van der Waals surface area contributed by atoms with Gasteiger partial charge in [0.25, 0.3) is 0 Å². The Morgan fingerprint density at radius 2 is 1.59 bits per heavy atom. The van der Waals surface area contributed by atoms with Crippen LogP contribution in [0.2, 0.25) is 0 Å². The molecule has 8 heteroatoms. The van der Waals surface area contributed by atoms with Crippen molar-refractivity contribution < 1.29 is 29.0 Å². The zero-order valence-corrected chi connectivity index (χ0v) is 20.3. The summed E-state index contributed by atoms with van der Waals surface area (Å²) < 4.78 is 11.0. The summed E-state index contributed by atoms with van der Waals surface area (Å²) in [6.07, 6.45) is -0.706. The van der Waals surface area contributed by atoms with Gasteiger partial charge in [-0.15, -0.1) is 0 Å². The van der Waals surface area contributed by atoms with Crippen molar-refractivity contribution >= 4 is 18.0 Å². The maximum Gasteiger partial charge on any atom is 0.408 e. The minimum Gasteiger partial charge on any atom is -0.489 e. The molecule has 2 unspecified atom stereocenters. The number of carbonyl (C=O) groups excluding carboxylic acids is 2. The molecule has 0 radical (unpaired) electrons. The molecule has 2 atom stereocenters. The maximum absolute atomic E-state index is 12.7. The number of carboxylic acid groups (broad SMARTS) is 1. The van der Waals surface area contributed by atoms with E-state index in [1.165, 1.54) is 0 Å². The maximum atomic E-state index is 12.7. The van der Waals surface area contributed by atoms with Crippen LogP contribution in [-0.2, 0) is 20.9 Å². The molecule has 34 heavy (non-hydrogen) atoms. The van der Waals surface area contributed by atoms with Gasteiger partial charge in [-0.2, -0.15) is 0 Å². The number of ether oxygens (including phenoxy) is 2. The number of hydrogen-bond donors (Lipinski definition) is 3. The SMILES string of the molecule is CC(C)C(NC(=O)OC(C)(C)C)C(=O)NCC(C(=O)O)c1ccc(OCc2ccccc2)cc1. The van der Waals surface area contributed by atoms with E-state index in [0.717, 1.165) is 5.56 Å². The molecule has 0 saturated carbocycles. The van der Waals surface area contributed by atoms with E-state index in [9.17, 15) is 19.5 Å². The van der Waals surface area contributed by atoms with Crippen molar-refractivity contribution in [1.82, 2.24) is 10.6 Å². The summed E-state index contributed by atoms with van der Waals surface area (Å²) in [7, 11) is 0. The Balaban J connectivity index is 1.98. The molecule has 0 aliphatic carbocycles. The van der Waals surface area contributed by atoms with E-state index in [1.807, 2.05) is 30.3 Å². The Hall–Kier alpha value is -3.55. The summed E-state index contributed by atoms with van der Waals surface area (Å²) in [4.78, 5) is 36.7. The van der Waals surface area contributed by atoms with Gasteiger partial charge in [0.1, 0.15) is 24.0 Å². The Bertz CT molecular complexity index is 952. The highest BCUT2D eigenvalue weighted by Crippen LogP contribution is 2.21. The van der Waals surface area contributed by atoms with Crippen LogP contribution in [0.4, 0.5) is 4.79 Å². The Morgan fingerprint density at radius 1 is 0.971 bits per heavy atom. The Kier molecular flexibility index (Phi) is 9.47. The number of carbonyl (C=O) groups is 3. The number of rotatable bonds is 10. The third-order valence-corrected chi connectivity index (χ3v) is 4.93. The molecule has 0 aliphatic rings. The van der Waals surface area contributed by atoms with Crippen molar-refractivity contribution in [3.05, 3.63) is 65.7 Å². The molecule has 2 aromatic carbocycles. The first kappa shape index (κ1) is 26.7. The van der Waals surface area contributed by atoms with Crippen LogP contribution in [0.3, 0.4) is 0 Å². The number of alkyl carbamates (subject to hydrolysis) is 1. The van der Waals surface area contributed by atoms with Gasteiger partial charge in [-0.3, -0.25) is 9.59 Å². The minimum atomic E-state index is -1.07. The lowest BCUT2D eigenvalue weighted by Crippen LogP contribution is -2.51. The molecule has 3 N–H and O–H groups in total. The topological polar surface area (TPSA) is 114 Å². The molecular formula is C26H34N2O6. The van der Waals surface area contributed by atoms with E-state index < -0.39 is 35.5 Å². The first-order chi connectivity index (χ1) is 16.0. The van der Waals surface area contributed by atoms with Gasteiger partial charge in [0, 0.05) is 6.54 Å². The van der Waals surface area contributed by atoms with Gasteiger partial charge in [0.05, 0.1) is 5.92 Å². The molecule has 0 saturated heterocycles. The predicted octanol–water partition coefficient (Wildman–Crippen LogP) is 4.10. The number of nitrogens with one attached hydrogen (secondary N) is 2. The van der Waals surface area contributed by atoms with Gasteiger partial charge in [-0.25, -0.2) is 4.79 Å². The molecule has 0 heterocycles. The van der Waals surface area contributed by atoms with E-state index in [-0.39, 0.29) is 12.5 Å². The lowest BCUT2D eigenvalue weighted by molar-refractivity contribution is -0.138. The van der Waals surface area contributed by atoms with E-state index >= 15 is 0 Å². The summed E-state index contributed by atoms with van der Waals surface area (Å²) >= 11 is 0. The van der Waals surface area contributed by atoms with Crippen molar-refractivity contribution in [1.29, 1.82) is 0 Å². The number of amides is 2. The third kappa shape index (κ3) is 8.77. The molecule has 2 aromatic rings. The second kappa shape index (κ2) is 12.1. The van der Waals surface area contributed by atoms with Crippen LogP contribution in [0.1, 0.15) is 51.7 Å². The van der Waals surface area contributed by atoms with E-state index in [0.29, 0.717) is 17.9 Å². The Morgan fingerprint density at radius 3 is 2.12 bits per heavy atom. The lowest BCUT2D eigenvalue weighted by Gasteiger charge is -2.25. The fourth-order valence-corrected chi connectivity index (χ4v) is 3.17. The molecule has 0 aromatic heterocycles. The van der Waals surface area contributed by atoms with Gasteiger partial charge in [-0.05, 0) is 49.9 Å². The number of aliphatic carboxylic acids is 1. The van der Waals surface area contributed by atoms with Crippen molar-refractivity contribution in [3.8, 4) is 5.75 Å². The molecule has 0 bridgehead atoms. The monoisotopic (exact) mass is 470 g/mol. The molecule has 0 aliphatic heterocycles. The van der Waals surface area contributed by atoms with Crippen LogP contribution in [-0.4, -0.2) is 41.3 Å². The van der Waals surface area contributed by atoms with Crippen molar-refractivity contribution in [2.75, 3.05) is 6.54 Å². The normalized spacial score (nSPS) is 13.0. The summed E-state index contributed by atoms with van der Waals surface area (Å²) in [6.45, 7) is 9.03. The van der Waals surface area contributed by atoms with Crippen molar-refractivity contribution in [3.63, 3.8) is 0 Å². The second-order valence-corrected chi connectivity index (χ2v) is 9.35. The van der Waals surface area contributed by atoms with Crippen molar-refractivity contribution in [2.24, 2.45) is 5.92 Å². The van der Waals surface area contributed by atoms with Gasteiger partial charge < -0.3 is 25.2 Å². The molecule has 0 fully saturated rings. The largest absolute Gasteiger partial charge is 0.489 e. The smallest absolute Gasteiger partial charge is 0.408 e. The van der Waals surface area contributed by atoms with Crippen LogP contribution in [0.15, 0.2) is 54.6 Å². The first-order valence-electron chi connectivity index (χ1n) is 11.2. The quantitative estimate of drug-likeness (QED) is 0.482. The van der Waals surface area contributed by atoms with Crippen LogP contribution in [0.5, 0.6) is 5.75 Å². The molecule has 8 nitrogen and oxygen atoms in total. The van der Waals surface area contributed by atoms with Crippen LogP contribution in [0.25, 0.3) is 0 Å². The van der Waals surface area contributed by atoms with Gasteiger partial charge in [0.15, 0.2) is 0 Å². The number of carboxylic acids is 1. The summed E-state index contributed by atoms with van der Waals surface area (Å²) in [5.41, 5.74) is 0.853. The summed E-state index contributed by atoms with van der Waals surface area (Å²) in [5, 5.41) is 14.9. The van der Waals surface area contributed by atoms with E-state index in [4.69, 9.17) is 9.47 Å².